The van der Waals surface area contributed by atoms with Crippen LogP contribution < -0.4 is 4.90 Å². The number of carbonyl (C=O) groups is 2. The maximum atomic E-state index is 12.6. The second kappa shape index (κ2) is 6.46. The molecule has 0 aliphatic heterocycles. The third-order valence-electron chi connectivity index (χ3n) is 3.49. The monoisotopic (exact) mass is 333 g/mol. The number of nitrogens with zero attached hydrogens (tertiary/aromatic N) is 1. The van der Waals surface area contributed by atoms with Crippen molar-refractivity contribution in [3.63, 3.8) is 0 Å². The van der Waals surface area contributed by atoms with E-state index in [0.717, 1.165) is 12.8 Å². The van der Waals surface area contributed by atoms with Crippen molar-refractivity contribution in [1.82, 2.24) is 0 Å². The van der Waals surface area contributed by atoms with Gasteiger partial charge in [-0.2, -0.15) is 0 Å². The van der Waals surface area contributed by atoms with Crippen molar-refractivity contribution < 1.29 is 19.1 Å². The van der Waals surface area contributed by atoms with E-state index in [-0.39, 0.29) is 6.54 Å². The molecule has 0 N–H and O–H groups in total. The van der Waals surface area contributed by atoms with Crippen LogP contribution in [0.2, 0.25) is 0 Å². The normalized spacial score (nSPS) is 13.6. The maximum Gasteiger partial charge on any atom is 0.415 e. The van der Waals surface area contributed by atoms with Gasteiger partial charge in [0.1, 0.15) is 17.7 Å². The topological polar surface area (TPSA) is 55.8 Å². The van der Waals surface area contributed by atoms with Crippen LogP contribution in [0.3, 0.4) is 0 Å². The lowest BCUT2D eigenvalue weighted by Crippen LogP contribution is -2.42. The third-order valence-corrected chi connectivity index (χ3v) is 3.49. The van der Waals surface area contributed by atoms with Crippen molar-refractivity contribution >= 4 is 17.7 Å². The zero-order valence-electron chi connectivity index (χ0n) is 15.4. The van der Waals surface area contributed by atoms with Gasteiger partial charge in [-0.3, -0.25) is 9.69 Å². The lowest BCUT2D eigenvalue weighted by molar-refractivity contribution is -0.153. The molecule has 2 rings (SSSR count). The van der Waals surface area contributed by atoms with E-state index in [1.54, 1.807) is 41.5 Å². The van der Waals surface area contributed by atoms with E-state index >= 15 is 0 Å². The first-order valence-electron chi connectivity index (χ1n) is 8.29. The Kier molecular flexibility index (Phi) is 4.92. The molecular formula is C19H27NO4. The highest BCUT2D eigenvalue weighted by Crippen LogP contribution is 2.28. The average molecular weight is 333 g/mol. The van der Waals surface area contributed by atoms with Gasteiger partial charge in [-0.15, -0.1) is 0 Å². The summed E-state index contributed by atoms with van der Waals surface area (Å²) in [5.74, 6) is -0.462. The second-order valence-corrected chi connectivity index (χ2v) is 8.11. The molecule has 0 bridgehead atoms. The molecule has 5 heteroatoms. The smallest absolute Gasteiger partial charge is 0.415 e. The minimum Gasteiger partial charge on any atom is -0.459 e. The number of hydrogen-bond acceptors (Lipinski definition) is 4. The molecule has 24 heavy (non-hydrogen) atoms. The highest BCUT2D eigenvalue weighted by atomic mass is 16.6. The lowest BCUT2D eigenvalue weighted by Gasteiger charge is -2.29. The number of benzene rings is 1. The van der Waals surface area contributed by atoms with E-state index in [1.807, 2.05) is 18.2 Å². The van der Waals surface area contributed by atoms with Crippen LogP contribution in [0.25, 0.3) is 0 Å². The van der Waals surface area contributed by atoms with E-state index in [4.69, 9.17) is 9.47 Å². The molecule has 1 aromatic rings. The van der Waals surface area contributed by atoms with Gasteiger partial charge in [0.05, 0.1) is 0 Å². The van der Waals surface area contributed by atoms with E-state index in [2.05, 4.69) is 0 Å². The molecule has 1 aliphatic rings. The summed E-state index contributed by atoms with van der Waals surface area (Å²) >= 11 is 0. The Balaban J connectivity index is 2.22. The molecule has 1 aliphatic carbocycles. The second-order valence-electron chi connectivity index (χ2n) is 8.11. The number of aryl methyl sites for hydroxylation is 2. The van der Waals surface area contributed by atoms with Crippen LogP contribution in [0, 0.1) is 0 Å². The molecule has 132 valence electrons. The summed E-state index contributed by atoms with van der Waals surface area (Å²) in [5.41, 5.74) is 1.93. The van der Waals surface area contributed by atoms with Crippen LogP contribution in [-0.4, -0.2) is 29.8 Å². The lowest BCUT2D eigenvalue weighted by atomic mass is 9.88. The van der Waals surface area contributed by atoms with Crippen LogP contribution in [0.5, 0.6) is 0 Å². The van der Waals surface area contributed by atoms with Crippen molar-refractivity contribution in [1.29, 1.82) is 0 Å². The van der Waals surface area contributed by atoms with Crippen molar-refractivity contribution in [2.45, 2.75) is 65.6 Å². The Labute approximate surface area is 143 Å². The van der Waals surface area contributed by atoms with Crippen LogP contribution in [0.1, 0.15) is 52.7 Å². The Bertz CT molecular complexity index is 638. The summed E-state index contributed by atoms with van der Waals surface area (Å²) < 4.78 is 10.8. The van der Waals surface area contributed by atoms with Gasteiger partial charge in [-0.05, 0) is 77.6 Å². The fourth-order valence-electron chi connectivity index (χ4n) is 2.43. The summed E-state index contributed by atoms with van der Waals surface area (Å²) in [4.78, 5) is 26.1. The molecular weight excluding hydrogens is 306 g/mol. The van der Waals surface area contributed by atoms with Crippen molar-refractivity contribution in [2.24, 2.45) is 0 Å². The standard InChI is InChI=1S/C19H27NO4/c1-18(2,3)23-16(21)12-20(17(22)24-19(4,5)6)15-10-9-13-7-8-14(13)11-15/h9-11H,7-8,12H2,1-6H3. The van der Waals surface area contributed by atoms with Gasteiger partial charge in [0, 0.05) is 5.69 Å². The van der Waals surface area contributed by atoms with Crippen LogP contribution in [-0.2, 0) is 27.1 Å². The third kappa shape index (κ3) is 4.98. The minimum atomic E-state index is -0.636. The SMILES string of the molecule is CC(C)(C)OC(=O)CN(C(=O)OC(C)(C)C)c1ccc2c(c1)CC2. The van der Waals surface area contributed by atoms with E-state index in [1.165, 1.54) is 16.0 Å². The molecule has 5 nitrogen and oxygen atoms in total. The number of amides is 1. The van der Waals surface area contributed by atoms with Gasteiger partial charge in [0.25, 0.3) is 0 Å². The maximum absolute atomic E-state index is 12.6. The summed E-state index contributed by atoms with van der Waals surface area (Å²) in [6.07, 6.45) is 1.51. The van der Waals surface area contributed by atoms with Crippen LogP contribution in [0.4, 0.5) is 10.5 Å². The van der Waals surface area contributed by atoms with Gasteiger partial charge >= 0.3 is 12.1 Å². The van der Waals surface area contributed by atoms with E-state index < -0.39 is 23.3 Å². The first-order chi connectivity index (χ1) is 10.9. The molecule has 1 amide bonds. The molecule has 0 fully saturated rings. The Morgan fingerprint density at radius 1 is 0.958 bits per heavy atom. The number of esters is 1. The van der Waals surface area contributed by atoms with Gasteiger partial charge in [-0.1, -0.05) is 6.07 Å². The molecule has 0 aromatic heterocycles. The van der Waals surface area contributed by atoms with E-state index in [0.29, 0.717) is 5.69 Å². The highest BCUT2D eigenvalue weighted by molar-refractivity contribution is 5.93. The minimum absolute atomic E-state index is 0.176. The zero-order chi connectivity index (χ0) is 18.1. The van der Waals surface area contributed by atoms with Crippen LogP contribution in [0.15, 0.2) is 18.2 Å². The largest absolute Gasteiger partial charge is 0.459 e. The van der Waals surface area contributed by atoms with Gasteiger partial charge in [-0.25, -0.2) is 4.79 Å². The molecule has 0 spiro atoms. The number of rotatable bonds is 3. The number of anilines is 1. The molecule has 0 saturated carbocycles. The highest BCUT2D eigenvalue weighted by Gasteiger charge is 2.28. The Hall–Kier alpha value is -2.04. The Morgan fingerprint density at radius 3 is 2.00 bits per heavy atom. The van der Waals surface area contributed by atoms with Crippen molar-refractivity contribution in [3.05, 3.63) is 29.3 Å². The molecule has 0 radical (unpaired) electrons. The molecule has 0 atom stereocenters. The summed E-state index contributed by atoms with van der Waals surface area (Å²) in [7, 11) is 0. The molecule has 0 unspecified atom stereocenters. The summed E-state index contributed by atoms with van der Waals surface area (Å²) in [5, 5.41) is 0. The number of fused-ring (bicyclic) bond motifs is 1. The molecule has 0 saturated heterocycles. The Morgan fingerprint density at radius 2 is 1.54 bits per heavy atom. The van der Waals surface area contributed by atoms with Gasteiger partial charge in [0.15, 0.2) is 0 Å². The first-order valence-corrected chi connectivity index (χ1v) is 8.29. The summed E-state index contributed by atoms with van der Waals surface area (Å²) in [6, 6.07) is 5.81. The molecule has 1 aromatic carbocycles. The first kappa shape index (κ1) is 18.3. The quantitative estimate of drug-likeness (QED) is 0.788. The fourth-order valence-corrected chi connectivity index (χ4v) is 2.43. The summed E-state index contributed by atoms with van der Waals surface area (Å²) in [6.45, 7) is 10.6. The number of carbonyl (C=O) groups excluding carboxylic acids is 2. The van der Waals surface area contributed by atoms with Crippen molar-refractivity contribution in [2.75, 3.05) is 11.4 Å². The van der Waals surface area contributed by atoms with Crippen LogP contribution >= 0.6 is 0 Å². The van der Waals surface area contributed by atoms with Crippen molar-refractivity contribution in [3.8, 4) is 0 Å². The number of ether oxygens (including phenoxy) is 2. The fraction of sp³-hybridized carbons (Fsp3) is 0.579. The zero-order valence-corrected chi connectivity index (χ0v) is 15.4. The number of hydrogen-bond donors (Lipinski definition) is 0. The van der Waals surface area contributed by atoms with E-state index in [9.17, 15) is 9.59 Å². The average Bonchev–Trinajstić information content (AvgIpc) is 2.33. The van der Waals surface area contributed by atoms with Gasteiger partial charge < -0.3 is 9.47 Å². The predicted molar refractivity (Wildman–Crippen MR) is 93.3 cm³/mol. The van der Waals surface area contributed by atoms with Gasteiger partial charge in [0.2, 0.25) is 0 Å². The molecule has 0 heterocycles. The predicted octanol–water partition coefficient (Wildman–Crippen LogP) is 3.87.